The van der Waals surface area contributed by atoms with Crippen LogP contribution in [0.15, 0.2) is 53.4 Å². The van der Waals surface area contributed by atoms with Crippen molar-refractivity contribution in [1.82, 2.24) is 4.90 Å². The molecule has 2 aliphatic heterocycles. The molecule has 0 radical (unpaired) electrons. The van der Waals surface area contributed by atoms with Gasteiger partial charge in [0.1, 0.15) is 0 Å². The quantitative estimate of drug-likeness (QED) is 0.873. The van der Waals surface area contributed by atoms with Crippen LogP contribution >= 0.6 is 0 Å². The van der Waals surface area contributed by atoms with Crippen molar-refractivity contribution in [2.75, 3.05) is 24.5 Å². The predicted molar refractivity (Wildman–Crippen MR) is 104 cm³/mol. The second kappa shape index (κ2) is 7.07. The van der Waals surface area contributed by atoms with E-state index in [1.165, 1.54) is 11.6 Å². The van der Waals surface area contributed by atoms with Gasteiger partial charge in [-0.15, -0.1) is 0 Å². The SMILES string of the molecule is NS(=O)(=O)c1ccc2c(c1)CCN2C(=O)CN1CCCC1c1ccccc1. The van der Waals surface area contributed by atoms with Crippen LogP contribution in [0.2, 0.25) is 0 Å². The van der Waals surface area contributed by atoms with Crippen molar-refractivity contribution in [3.05, 3.63) is 59.7 Å². The van der Waals surface area contributed by atoms with Crippen LogP contribution in [0.1, 0.15) is 30.0 Å². The van der Waals surface area contributed by atoms with E-state index in [4.69, 9.17) is 5.14 Å². The number of amides is 1. The summed E-state index contributed by atoms with van der Waals surface area (Å²) in [5.41, 5.74) is 2.90. The molecule has 4 rings (SSSR count). The molecule has 2 aromatic rings. The van der Waals surface area contributed by atoms with Gasteiger partial charge < -0.3 is 4.90 Å². The lowest BCUT2D eigenvalue weighted by molar-refractivity contribution is -0.119. The monoisotopic (exact) mass is 385 g/mol. The predicted octanol–water partition coefficient (Wildman–Crippen LogP) is 2.06. The topological polar surface area (TPSA) is 83.7 Å². The summed E-state index contributed by atoms with van der Waals surface area (Å²) in [4.78, 5) is 17.1. The minimum atomic E-state index is -3.73. The maximum Gasteiger partial charge on any atom is 0.241 e. The van der Waals surface area contributed by atoms with Crippen LogP contribution in [0.5, 0.6) is 0 Å². The van der Waals surface area contributed by atoms with Crippen molar-refractivity contribution in [3.8, 4) is 0 Å². The van der Waals surface area contributed by atoms with E-state index >= 15 is 0 Å². The minimum absolute atomic E-state index is 0.0555. The number of nitrogens with two attached hydrogens (primary N) is 1. The van der Waals surface area contributed by atoms with Gasteiger partial charge in [-0.3, -0.25) is 9.69 Å². The lowest BCUT2D eigenvalue weighted by atomic mass is 10.0. The number of hydrogen-bond acceptors (Lipinski definition) is 4. The average molecular weight is 385 g/mol. The fraction of sp³-hybridized carbons (Fsp3) is 0.350. The molecule has 2 aliphatic rings. The van der Waals surface area contributed by atoms with Gasteiger partial charge >= 0.3 is 0 Å². The Bertz CT molecular complexity index is 960. The molecule has 1 fully saturated rings. The van der Waals surface area contributed by atoms with E-state index in [0.29, 0.717) is 19.5 Å². The van der Waals surface area contributed by atoms with Crippen LogP contribution in [-0.2, 0) is 21.2 Å². The number of rotatable bonds is 4. The zero-order chi connectivity index (χ0) is 19.0. The summed E-state index contributed by atoms with van der Waals surface area (Å²) in [6.07, 6.45) is 2.79. The fourth-order valence-corrected chi connectivity index (χ4v) is 4.71. The Morgan fingerprint density at radius 2 is 1.89 bits per heavy atom. The van der Waals surface area contributed by atoms with E-state index in [1.807, 2.05) is 18.2 Å². The summed E-state index contributed by atoms with van der Waals surface area (Å²) in [5, 5.41) is 5.21. The third kappa shape index (κ3) is 3.63. The lowest BCUT2D eigenvalue weighted by Gasteiger charge is -2.27. The number of primary sulfonamides is 1. The Hall–Kier alpha value is -2.22. The molecule has 2 N–H and O–H groups in total. The zero-order valence-corrected chi connectivity index (χ0v) is 15.9. The number of benzene rings is 2. The van der Waals surface area contributed by atoms with Crippen LogP contribution in [-0.4, -0.2) is 38.9 Å². The van der Waals surface area contributed by atoms with E-state index in [-0.39, 0.29) is 16.8 Å². The molecule has 2 heterocycles. The van der Waals surface area contributed by atoms with Crippen LogP contribution in [0, 0.1) is 0 Å². The Balaban J connectivity index is 1.50. The first-order valence-corrected chi connectivity index (χ1v) is 10.7. The molecule has 1 amide bonds. The number of carbonyl (C=O) groups excluding carboxylic acids is 1. The maximum atomic E-state index is 13.0. The standard InChI is InChI=1S/C20H23N3O3S/c21-27(25,26)17-8-9-19-16(13-17)10-12-23(19)20(24)14-22-11-4-7-18(22)15-5-2-1-3-6-15/h1-3,5-6,8-9,13,18H,4,7,10-12,14H2,(H2,21,25,26). The smallest absolute Gasteiger partial charge is 0.241 e. The minimum Gasteiger partial charge on any atom is -0.311 e. The van der Waals surface area contributed by atoms with E-state index < -0.39 is 10.0 Å². The molecule has 1 atom stereocenters. The summed E-state index contributed by atoms with van der Waals surface area (Å²) < 4.78 is 23.1. The molecule has 0 bridgehead atoms. The van der Waals surface area contributed by atoms with E-state index in [9.17, 15) is 13.2 Å². The highest BCUT2D eigenvalue weighted by Gasteiger charge is 2.31. The van der Waals surface area contributed by atoms with Gasteiger partial charge in [0.25, 0.3) is 0 Å². The Morgan fingerprint density at radius 3 is 2.63 bits per heavy atom. The lowest BCUT2D eigenvalue weighted by Crippen LogP contribution is -2.39. The molecule has 1 saturated heterocycles. The molecule has 2 aromatic carbocycles. The number of fused-ring (bicyclic) bond motifs is 1. The molecular formula is C20H23N3O3S. The normalized spacial score (nSPS) is 20.0. The molecule has 0 aromatic heterocycles. The summed E-state index contributed by atoms with van der Waals surface area (Å²) >= 11 is 0. The molecule has 0 spiro atoms. The fourth-order valence-electron chi connectivity index (χ4n) is 4.14. The van der Waals surface area contributed by atoms with Crippen molar-refractivity contribution in [3.63, 3.8) is 0 Å². The maximum absolute atomic E-state index is 13.0. The first kappa shape index (κ1) is 18.2. The zero-order valence-electron chi connectivity index (χ0n) is 15.0. The molecule has 1 unspecified atom stereocenters. The van der Waals surface area contributed by atoms with E-state index in [2.05, 4.69) is 17.0 Å². The summed E-state index contributed by atoms with van der Waals surface area (Å²) in [5.74, 6) is 0.0555. The Morgan fingerprint density at radius 1 is 1.11 bits per heavy atom. The number of anilines is 1. The third-order valence-corrected chi connectivity index (χ3v) is 6.37. The molecule has 0 saturated carbocycles. The molecule has 7 heteroatoms. The Labute approximate surface area is 159 Å². The van der Waals surface area contributed by atoms with Crippen LogP contribution in [0.3, 0.4) is 0 Å². The average Bonchev–Trinajstić information content (AvgIpc) is 3.27. The number of carbonyl (C=O) groups is 1. The van der Waals surface area contributed by atoms with Gasteiger partial charge in [0.05, 0.1) is 11.4 Å². The molecular weight excluding hydrogens is 362 g/mol. The van der Waals surface area contributed by atoms with Crippen molar-refractivity contribution in [2.45, 2.75) is 30.2 Å². The summed E-state index contributed by atoms with van der Waals surface area (Å²) in [6.45, 7) is 1.86. The van der Waals surface area contributed by atoms with Crippen molar-refractivity contribution in [2.24, 2.45) is 5.14 Å². The van der Waals surface area contributed by atoms with Gasteiger partial charge in [0.2, 0.25) is 15.9 Å². The molecule has 0 aliphatic carbocycles. The first-order valence-electron chi connectivity index (χ1n) is 9.18. The number of nitrogens with zero attached hydrogens (tertiary/aromatic N) is 2. The van der Waals surface area contributed by atoms with E-state index in [1.54, 1.807) is 17.0 Å². The molecule has 27 heavy (non-hydrogen) atoms. The summed E-state index contributed by atoms with van der Waals surface area (Å²) in [6, 6.07) is 15.3. The van der Waals surface area contributed by atoms with Crippen LogP contribution in [0.4, 0.5) is 5.69 Å². The number of likely N-dealkylation sites (tertiary alicyclic amines) is 1. The van der Waals surface area contributed by atoms with Crippen LogP contribution < -0.4 is 10.0 Å². The molecule has 142 valence electrons. The largest absolute Gasteiger partial charge is 0.311 e. The number of hydrogen-bond donors (Lipinski definition) is 1. The van der Waals surface area contributed by atoms with Crippen LogP contribution in [0.25, 0.3) is 0 Å². The van der Waals surface area contributed by atoms with Gasteiger partial charge in [-0.1, -0.05) is 30.3 Å². The van der Waals surface area contributed by atoms with Gasteiger partial charge in [-0.2, -0.15) is 0 Å². The highest BCUT2D eigenvalue weighted by molar-refractivity contribution is 7.89. The first-order chi connectivity index (χ1) is 12.9. The van der Waals surface area contributed by atoms with Gasteiger partial charge in [-0.25, -0.2) is 13.6 Å². The van der Waals surface area contributed by atoms with Gasteiger partial charge in [0, 0.05) is 18.3 Å². The Kier molecular flexibility index (Phi) is 4.75. The van der Waals surface area contributed by atoms with Crippen molar-refractivity contribution >= 4 is 21.6 Å². The number of sulfonamides is 1. The third-order valence-electron chi connectivity index (χ3n) is 5.46. The van der Waals surface area contributed by atoms with Gasteiger partial charge in [0.15, 0.2) is 0 Å². The second-order valence-corrected chi connectivity index (χ2v) is 8.73. The van der Waals surface area contributed by atoms with Crippen molar-refractivity contribution in [1.29, 1.82) is 0 Å². The van der Waals surface area contributed by atoms with E-state index in [0.717, 1.165) is 30.6 Å². The second-order valence-electron chi connectivity index (χ2n) is 7.17. The van der Waals surface area contributed by atoms with Gasteiger partial charge in [-0.05, 0) is 55.1 Å². The van der Waals surface area contributed by atoms with Crippen molar-refractivity contribution < 1.29 is 13.2 Å². The highest BCUT2D eigenvalue weighted by Crippen LogP contribution is 2.33. The summed E-state index contributed by atoms with van der Waals surface area (Å²) in [7, 11) is -3.73. The highest BCUT2D eigenvalue weighted by atomic mass is 32.2. The molecule has 6 nitrogen and oxygen atoms in total.